The number of carbonyl (C=O) groups is 1. The van der Waals surface area contributed by atoms with Gasteiger partial charge in [-0.15, -0.1) is 11.6 Å². The van der Waals surface area contributed by atoms with Crippen molar-refractivity contribution in [2.45, 2.75) is 44.9 Å². The van der Waals surface area contributed by atoms with Crippen LogP contribution in [-0.2, 0) is 10.2 Å². The molecule has 3 rings (SSSR count). The minimum Gasteiger partial charge on any atom is -0.369 e. The molecule has 1 aromatic carbocycles. The van der Waals surface area contributed by atoms with E-state index >= 15 is 0 Å². The fraction of sp³-hybridized carbons (Fsp3) is 0.632. The van der Waals surface area contributed by atoms with E-state index in [4.69, 9.17) is 17.3 Å². The summed E-state index contributed by atoms with van der Waals surface area (Å²) in [6, 6.07) is 10.8. The molecular weight excluding hydrogens is 294 g/mol. The van der Waals surface area contributed by atoms with Crippen molar-refractivity contribution in [2.75, 3.05) is 5.88 Å². The third-order valence-electron chi connectivity index (χ3n) is 6.04. The number of halogens is 1. The van der Waals surface area contributed by atoms with Crippen molar-refractivity contribution in [3.63, 3.8) is 0 Å². The van der Waals surface area contributed by atoms with Crippen LogP contribution >= 0.6 is 11.6 Å². The Morgan fingerprint density at radius 1 is 1.27 bits per heavy atom. The fourth-order valence-electron chi connectivity index (χ4n) is 5.53. The van der Waals surface area contributed by atoms with E-state index in [1.807, 2.05) is 0 Å². The van der Waals surface area contributed by atoms with Gasteiger partial charge in [0.05, 0.1) is 0 Å². The number of alkyl halides is 1. The van der Waals surface area contributed by atoms with Gasteiger partial charge in [-0.25, -0.2) is 0 Å². The molecule has 1 aromatic rings. The van der Waals surface area contributed by atoms with Crippen LogP contribution in [0.1, 0.15) is 45.1 Å². The van der Waals surface area contributed by atoms with Crippen LogP contribution in [0.5, 0.6) is 0 Å². The molecule has 22 heavy (non-hydrogen) atoms. The van der Waals surface area contributed by atoms with E-state index in [-0.39, 0.29) is 22.7 Å². The Bertz CT molecular complexity index is 556. The first-order valence-corrected chi connectivity index (χ1v) is 8.83. The number of amides is 1. The summed E-state index contributed by atoms with van der Waals surface area (Å²) in [4.78, 5) is 12.0. The maximum Gasteiger partial charge on any atom is 0.221 e. The van der Waals surface area contributed by atoms with Gasteiger partial charge in [-0.2, -0.15) is 0 Å². The first kappa shape index (κ1) is 15.9. The van der Waals surface area contributed by atoms with E-state index < -0.39 is 0 Å². The second-order valence-corrected chi connectivity index (χ2v) is 8.31. The lowest BCUT2D eigenvalue weighted by molar-refractivity contribution is -0.130. The first-order valence-electron chi connectivity index (χ1n) is 8.30. The minimum atomic E-state index is -0.127. The highest BCUT2D eigenvalue weighted by Gasteiger charge is 2.54. The molecule has 3 heteroatoms. The van der Waals surface area contributed by atoms with Crippen LogP contribution in [0.25, 0.3) is 0 Å². The standard InChI is InChI=1S/C19H26ClNO/c1-13-8-19(15-6-4-3-5-7-15)10-14(16(13)17(21)22)9-18(2,11-19)12-20/h3-7,13-14,16H,8-12H2,1-2H3,(H2,21,22). The molecule has 0 heterocycles. The summed E-state index contributed by atoms with van der Waals surface area (Å²) in [6.07, 6.45) is 4.23. The molecule has 2 fully saturated rings. The number of rotatable bonds is 3. The second kappa shape index (κ2) is 5.56. The van der Waals surface area contributed by atoms with Crippen LogP contribution in [0.3, 0.4) is 0 Å². The van der Waals surface area contributed by atoms with E-state index in [0.29, 0.717) is 17.7 Å². The Morgan fingerprint density at radius 3 is 2.55 bits per heavy atom. The van der Waals surface area contributed by atoms with Crippen molar-refractivity contribution in [3.8, 4) is 0 Å². The third kappa shape index (κ3) is 2.56. The monoisotopic (exact) mass is 319 g/mol. The van der Waals surface area contributed by atoms with Gasteiger partial charge in [-0.1, -0.05) is 44.2 Å². The Kier molecular flexibility index (Phi) is 4.01. The molecule has 0 aliphatic heterocycles. The van der Waals surface area contributed by atoms with Gasteiger partial charge in [-0.3, -0.25) is 4.79 Å². The van der Waals surface area contributed by atoms with Gasteiger partial charge in [0.25, 0.3) is 0 Å². The van der Waals surface area contributed by atoms with Crippen molar-refractivity contribution < 1.29 is 4.79 Å². The van der Waals surface area contributed by atoms with Crippen molar-refractivity contribution in [1.29, 1.82) is 0 Å². The molecule has 1 amide bonds. The predicted octanol–water partition coefficient (Wildman–Crippen LogP) is 4.11. The van der Waals surface area contributed by atoms with Crippen LogP contribution < -0.4 is 5.73 Å². The normalized spacial score (nSPS) is 41.1. The Morgan fingerprint density at radius 2 is 1.95 bits per heavy atom. The first-order chi connectivity index (χ1) is 10.4. The summed E-state index contributed by atoms with van der Waals surface area (Å²) < 4.78 is 0. The van der Waals surface area contributed by atoms with E-state index in [0.717, 1.165) is 25.7 Å². The van der Waals surface area contributed by atoms with E-state index in [9.17, 15) is 4.79 Å². The van der Waals surface area contributed by atoms with Gasteiger partial charge in [0.1, 0.15) is 0 Å². The number of benzene rings is 1. The van der Waals surface area contributed by atoms with Gasteiger partial charge in [-0.05, 0) is 53.9 Å². The van der Waals surface area contributed by atoms with E-state index in [1.165, 1.54) is 5.56 Å². The van der Waals surface area contributed by atoms with Crippen LogP contribution in [0.15, 0.2) is 30.3 Å². The summed E-state index contributed by atoms with van der Waals surface area (Å²) in [7, 11) is 0. The van der Waals surface area contributed by atoms with Gasteiger partial charge >= 0.3 is 0 Å². The minimum absolute atomic E-state index is 0.000297. The second-order valence-electron chi connectivity index (χ2n) is 8.05. The van der Waals surface area contributed by atoms with Crippen molar-refractivity contribution in [1.82, 2.24) is 0 Å². The molecule has 5 unspecified atom stereocenters. The van der Waals surface area contributed by atoms with Crippen LogP contribution in [0, 0.1) is 23.2 Å². The predicted molar refractivity (Wildman–Crippen MR) is 90.8 cm³/mol. The highest BCUT2D eigenvalue weighted by atomic mass is 35.5. The smallest absolute Gasteiger partial charge is 0.221 e. The van der Waals surface area contributed by atoms with Crippen molar-refractivity contribution >= 4 is 17.5 Å². The van der Waals surface area contributed by atoms with Gasteiger partial charge in [0.15, 0.2) is 0 Å². The van der Waals surface area contributed by atoms with Crippen LogP contribution in [0.4, 0.5) is 0 Å². The van der Waals surface area contributed by atoms with E-state index in [1.54, 1.807) is 0 Å². The summed E-state index contributed by atoms with van der Waals surface area (Å²) in [6.45, 7) is 4.47. The zero-order valence-corrected chi connectivity index (χ0v) is 14.3. The quantitative estimate of drug-likeness (QED) is 0.837. The number of hydrogen-bond donors (Lipinski definition) is 1. The molecule has 5 atom stereocenters. The summed E-state index contributed by atoms with van der Waals surface area (Å²) in [5, 5.41) is 0. The highest BCUT2D eigenvalue weighted by molar-refractivity contribution is 6.18. The lowest BCUT2D eigenvalue weighted by Gasteiger charge is -2.56. The fourth-order valence-corrected chi connectivity index (χ4v) is 5.73. The Balaban J connectivity index is 2.04. The third-order valence-corrected chi connectivity index (χ3v) is 6.69. The number of carbonyl (C=O) groups excluding carboxylic acids is 1. The average Bonchev–Trinajstić information content (AvgIpc) is 2.46. The lowest BCUT2D eigenvalue weighted by Crippen LogP contribution is -2.53. The molecule has 0 spiro atoms. The molecule has 0 radical (unpaired) electrons. The average molecular weight is 320 g/mol. The van der Waals surface area contributed by atoms with Gasteiger partial charge < -0.3 is 5.73 Å². The molecule has 0 aromatic heterocycles. The summed E-state index contributed by atoms with van der Waals surface area (Å²) in [5.41, 5.74) is 7.38. The zero-order chi connectivity index (χ0) is 16.0. The maximum atomic E-state index is 12.0. The Labute approximate surface area is 138 Å². The number of fused-ring (bicyclic) bond motifs is 2. The molecule has 2 aliphatic carbocycles. The highest BCUT2D eigenvalue weighted by Crippen LogP contribution is 2.59. The molecule has 2 bridgehead atoms. The van der Waals surface area contributed by atoms with Crippen molar-refractivity contribution in [3.05, 3.63) is 35.9 Å². The number of nitrogens with two attached hydrogens (primary N) is 1. The molecular formula is C19H26ClNO. The number of primary amides is 1. The largest absolute Gasteiger partial charge is 0.369 e. The molecule has 120 valence electrons. The molecule has 2 saturated carbocycles. The van der Waals surface area contributed by atoms with Gasteiger partial charge in [0, 0.05) is 11.8 Å². The zero-order valence-electron chi connectivity index (χ0n) is 13.5. The summed E-state index contributed by atoms with van der Waals surface area (Å²) >= 11 is 6.33. The lowest BCUT2D eigenvalue weighted by atomic mass is 9.48. The van der Waals surface area contributed by atoms with Crippen molar-refractivity contribution in [2.24, 2.45) is 28.9 Å². The van der Waals surface area contributed by atoms with Crippen LogP contribution in [0.2, 0.25) is 0 Å². The SMILES string of the molecule is CC1CC2(c3ccccc3)CC(CC(C)(CCl)C2)C1C(N)=O. The maximum absolute atomic E-state index is 12.0. The van der Waals surface area contributed by atoms with E-state index in [2.05, 4.69) is 44.2 Å². The molecule has 0 saturated heterocycles. The molecule has 2 nitrogen and oxygen atoms in total. The topological polar surface area (TPSA) is 43.1 Å². The molecule has 2 aliphatic rings. The Hall–Kier alpha value is -1.02. The molecule has 2 N–H and O–H groups in total. The summed E-state index contributed by atoms with van der Waals surface area (Å²) in [5.74, 6) is 1.23. The van der Waals surface area contributed by atoms with Crippen LogP contribution in [-0.4, -0.2) is 11.8 Å². The van der Waals surface area contributed by atoms with Gasteiger partial charge in [0.2, 0.25) is 5.91 Å². The number of hydrogen-bond acceptors (Lipinski definition) is 1.